The molecule has 33 heavy (non-hydrogen) atoms. The summed E-state index contributed by atoms with van der Waals surface area (Å²) in [6.07, 6.45) is 2.69. The number of anilines is 1. The number of hydrogen-bond acceptors (Lipinski definition) is 3. The Bertz CT molecular complexity index is 1350. The van der Waals surface area contributed by atoms with Crippen molar-refractivity contribution in [1.29, 1.82) is 0 Å². The minimum absolute atomic E-state index is 0.159. The molecule has 4 aromatic rings. The Hall–Kier alpha value is -3.73. The fourth-order valence-electron chi connectivity index (χ4n) is 6.13. The number of amides is 1. The molecular formula is C28H27N3O2. The standard InChI is InChI=1S/C28H27N3O2/c1-29-19-23(21-12-6-8-14-24(21)29)28-16-17-30(27(32)33-2)26(28)31(18-20-10-4-3-5-11-20)25-15-9-7-13-22(25)28/h3-15,19,26H,16-18H2,1-2H3/t26-,28+/m0/s1. The Morgan fingerprint density at radius 3 is 2.52 bits per heavy atom. The van der Waals surface area contributed by atoms with Gasteiger partial charge in [0.05, 0.1) is 12.5 Å². The second kappa shape index (κ2) is 7.41. The maximum absolute atomic E-state index is 13.0. The van der Waals surface area contributed by atoms with Gasteiger partial charge < -0.3 is 14.2 Å². The van der Waals surface area contributed by atoms with E-state index in [-0.39, 0.29) is 17.7 Å². The number of hydrogen-bond donors (Lipinski definition) is 0. The van der Waals surface area contributed by atoms with Crippen LogP contribution in [0.1, 0.15) is 23.1 Å². The predicted octanol–water partition coefficient (Wildman–Crippen LogP) is 5.28. The highest BCUT2D eigenvalue weighted by molar-refractivity contribution is 5.88. The highest BCUT2D eigenvalue weighted by Crippen LogP contribution is 2.57. The second-order valence-corrected chi connectivity index (χ2v) is 9.06. The molecule has 2 aliphatic rings. The number of para-hydroxylation sites is 2. The smallest absolute Gasteiger partial charge is 0.411 e. The normalized spacial score (nSPS) is 21.3. The van der Waals surface area contributed by atoms with Crippen LogP contribution in [-0.2, 0) is 23.7 Å². The Labute approximate surface area is 193 Å². The number of aromatic nitrogens is 1. The lowest BCUT2D eigenvalue weighted by Crippen LogP contribution is -2.52. The van der Waals surface area contributed by atoms with Crippen LogP contribution in [0.5, 0.6) is 0 Å². The largest absolute Gasteiger partial charge is 0.453 e. The van der Waals surface area contributed by atoms with Crippen LogP contribution < -0.4 is 4.90 Å². The van der Waals surface area contributed by atoms with E-state index in [0.717, 1.165) is 13.0 Å². The van der Waals surface area contributed by atoms with E-state index in [1.807, 2.05) is 11.0 Å². The first-order valence-corrected chi connectivity index (χ1v) is 11.4. The predicted molar refractivity (Wildman–Crippen MR) is 130 cm³/mol. The molecule has 0 unspecified atom stereocenters. The topological polar surface area (TPSA) is 37.7 Å². The van der Waals surface area contributed by atoms with Crippen LogP contribution in [-0.4, -0.2) is 35.4 Å². The Balaban J connectivity index is 1.61. The zero-order valence-electron chi connectivity index (χ0n) is 18.9. The molecule has 6 rings (SSSR count). The molecule has 1 saturated heterocycles. The molecule has 5 heteroatoms. The molecule has 5 nitrogen and oxygen atoms in total. The fourth-order valence-corrected chi connectivity index (χ4v) is 6.13. The number of aryl methyl sites for hydroxylation is 1. The van der Waals surface area contributed by atoms with Gasteiger partial charge in [0.15, 0.2) is 0 Å². The van der Waals surface area contributed by atoms with Gasteiger partial charge in [-0.25, -0.2) is 4.79 Å². The summed E-state index contributed by atoms with van der Waals surface area (Å²) in [5.74, 6) is 0. The van der Waals surface area contributed by atoms with Crippen molar-refractivity contribution in [2.75, 3.05) is 18.6 Å². The monoisotopic (exact) mass is 437 g/mol. The van der Waals surface area contributed by atoms with E-state index in [1.165, 1.54) is 40.4 Å². The van der Waals surface area contributed by atoms with Gasteiger partial charge in [0.1, 0.15) is 6.17 Å². The Morgan fingerprint density at radius 1 is 0.970 bits per heavy atom. The summed E-state index contributed by atoms with van der Waals surface area (Å²) < 4.78 is 7.48. The minimum atomic E-state index is -0.333. The van der Waals surface area contributed by atoms with Gasteiger partial charge in [0.2, 0.25) is 0 Å². The van der Waals surface area contributed by atoms with E-state index in [2.05, 4.69) is 95.5 Å². The van der Waals surface area contributed by atoms with Gasteiger partial charge in [-0.2, -0.15) is 0 Å². The summed E-state index contributed by atoms with van der Waals surface area (Å²) in [4.78, 5) is 17.3. The number of methoxy groups -OCH3 is 1. The van der Waals surface area contributed by atoms with Gasteiger partial charge in [-0.05, 0) is 35.2 Å². The lowest BCUT2D eigenvalue weighted by Gasteiger charge is -2.38. The van der Waals surface area contributed by atoms with Crippen LogP contribution in [0.15, 0.2) is 85.1 Å². The zero-order chi connectivity index (χ0) is 22.6. The van der Waals surface area contributed by atoms with Gasteiger partial charge in [0, 0.05) is 42.9 Å². The van der Waals surface area contributed by atoms with Crippen LogP contribution >= 0.6 is 0 Å². The molecule has 1 aromatic heterocycles. The molecule has 1 fully saturated rings. The fraction of sp³-hybridized carbons (Fsp3) is 0.250. The van der Waals surface area contributed by atoms with Crippen molar-refractivity contribution >= 4 is 22.7 Å². The zero-order valence-corrected chi connectivity index (χ0v) is 18.9. The number of carbonyl (C=O) groups is 1. The molecule has 0 spiro atoms. The highest BCUT2D eigenvalue weighted by Gasteiger charge is 2.60. The van der Waals surface area contributed by atoms with Crippen molar-refractivity contribution in [3.8, 4) is 0 Å². The molecule has 1 amide bonds. The average Bonchev–Trinajstić information content (AvgIpc) is 3.49. The molecule has 0 radical (unpaired) electrons. The molecule has 166 valence electrons. The molecule has 3 aromatic carbocycles. The molecular weight excluding hydrogens is 410 g/mol. The van der Waals surface area contributed by atoms with Crippen LogP contribution in [0.2, 0.25) is 0 Å². The number of nitrogens with zero attached hydrogens (tertiary/aromatic N) is 3. The van der Waals surface area contributed by atoms with Gasteiger partial charge >= 0.3 is 6.09 Å². The summed E-state index contributed by atoms with van der Waals surface area (Å²) in [6.45, 7) is 1.38. The van der Waals surface area contributed by atoms with Crippen molar-refractivity contribution in [2.45, 2.75) is 24.5 Å². The molecule has 0 N–H and O–H groups in total. The van der Waals surface area contributed by atoms with Crippen molar-refractivity contribution in [1.82, 2.24) is 9.47 Å². The quantitative estimate of drug-likeness (QED) is 0.438. The number of fused-ring (bicyclic) bond motifs is 4. The van der Waals surface area contributed by atoms with Crippen LogP contribution in [0.3, 0.4) is 0 Å². The summed E-state index contributed by atoms with van der Waals surface area (Å²) in [5, 5.41) is 1.24. The van der Waals surface area contributed by atoms with E-state index < -0.39 is 0 Å². The maximum Gasteiger partial charge on any atom is 0.411 e. The van der Waals surface area contributed by atoms with E-state index in [0.29, 0.717) is 6.54 Å². The third kappa shape index (κ3) is 2.75. The summed E-state index contributed by atoms with van der Waals surface area (Å²) in [5.41, 5.74) is 5.84. The third-order valence-corrected chi connectivity index (χ3v) is 7.45. The van der Waals surface area contributed by atoms with Crippen LogP contribution in [0, 0.1) is 0 Å². The summed E-state index contributed by atoms with van der Waals surface area (Å²) >= 11 is 0. The third-order valence-electron chi connectivity index (χ3n) is 7.45. The van der Waals surface area contributed by atoms with Crippen molar-refractivity contribution in [2.24, 2.45) is 7.05 Å². The van der Waals surface area contributed by atoms with E-state index in [9.17, 15) is 4.79 Å². The molecule has 0 saturated carbocycles. The van der Waals surface area contributed by atoms with Gasteiger partial charge in [-0.15, -0.1) is 0 Å². The Morgan fingerprint density at radius 2 is 1.70 bits per heavy atom. The van der Waals surface area contributed by atoms with E-state index in [1.54, 1.807) is 0 Å². The van der Waals surface area contributed by atoms with Gasteiger partial charge in [0.25, 0.3) is 0 Å². The highest BCUT2D eigenvalue weighted by atomic mass is 16.5. The average molecular weight is 438 g/mol. The summed E-state index contributed by atoms with van der Waals surface area (Å²) in [7, 11) is 3.58. The summed E-state index contributed by atoms with van der Waals surface area (Å²) in [6, 6.07) is 27.7. The maximum atomic E-state index is 13.0. The molecule has 0 aliphatic carbocycles. The first kappa shape index (κ1) is 19.9. The first-order chi connectivity index (χ1) is 16.1. The number of benzene rings is 3. The lowest BCUT2D eigenvalue weighted by molar-refractivity contribution is 0.114. The number of rotatable bonds is 3. The molecule has 3 heterocycles. The molecule has 2 aliphatic heterocycles. The van der Waals surface area contributed by atoms with Crippen molar-refractivity contribution in [3.63, 3.8) is 0 Å². The molecule has 2 atom stereocenters. The molecule has 0 bridgehead atoms. The van der Waals surface area contributed by atoms with E-state index >= 15 is 0 Å². The van der Waals surface area contributed by atoms with Crippen LogP contribution in [0.25, 0.3) is 10.9 Å². The van der Waals surface area contributed by atoms with Crippen molar-refractivity contribution < 1.29 is 9.53 Å². The van der Waals surface area contributed by atoms with Gasteiger partial charge in [-0.3, -0.25) is 4.90 Å². The number of ether oxygens (including phenoxy) is 1. The minimum Gasteiger partial charge on any atom is -0.453 e. The Kier molecular flexibility index (Phi) is 4.47. The first-order valence-electron chi connectivity index (χ1n) is 11.4. The van der Waals surface area contributed by atoms with Gasteiger partial charge in [-0.1, -0.05) is 66.7 Å². The lowest BCUT2D eigenvalue weighted by atomic mass is 9.73. The SMILES string of the molecule is COC(=O)N1CC[C@]2(c3cn(C)c4ccccc34)c3ccccc3N(Cc3ccccc3)[C@H]12. The number of likely N-dealkylation sites (tertiary alicyclic amines) is 1. The van der Waals surface area contributed by atoms with E-state index in [4.69, 9.17) is 4.74 Å². The number of carbonyl (C=O) groups excluding carboxylic acids is 1. The van der Waals surface area contributed by atoms with Crippen LogP contribution in [0.4, 0.5) is 10.5 Å². The second-order valence-electron chi connectivity index (χ2n) is 9.06. The van der Waals surface area contributed by atoms with Crippen molar-refractivity contribution in [3.05, 3.63) is 102 Å².